The second kappa shape index (κ2) is 12.0. The van der Waals surface area contributed by atoms with Crippen molar-refractivity contribution in [2.45, 2.75) is 51.7 Å². The van der Waals surface area contributed by atoms with E-state index in [9.17, 15) is 9.59 Å². The average molecular weight is 425 g/mol. The lowest BCUT2D eigenvalue weighted by molar-refractivity contribution is -0.130. The Morgan fingerprint density at radius 3 is 1.53 bits per heavy atom. The van der Waals surface area contributed by atoms with Crippen molar-refractivity contribution in [3.63, 3.8) is 0 Å². The van der Waals surface area contributed by atoms with E-state index in [4.69, 9.17) is 9.47 Å². The van der Waals surface area contributed by atoms with Gasteiger partial charge in [-0.15, -0.1) is 0 Å². The molecule has 0 aromatic heterocycles. The van der Waals surface area contributed by atoms with E-state index in [0.29, 0.717) is 13.1 Å². The summed E-state index contributed by atoms with van der Waals surface area (Å²) in [5, 5.41) is 6.19. The highest BCUT2D eigenvalue weighted by molar-refractivity contribution is 5.81. The van der Waals surface area contributed by atoms with Gasteiger partial charge in [0, 0.05) is 64.2 Å². The molecule has 1 aliphatic carbocycles. The molecule has 2 saturated heterocycles. The lowest BCUT2D eigenvalue weighted by Crippen LogP contribution is -2.46. The predicted molar refractivity (Wildman–Crippen MR) is 115 cm³/mol. The smallest absolute Gasteiger partial charge is 0.223 e. The third kappa shape index (κ3) is 7.48. The monoisotopic (exact) mass is 424 g/mol. The van der Waals surface area contributed by atoms with Crippen LogP contribution in [0.4, 0.5) is 0 Å². The van der Waals surface area contributed by atoms with Gasteiger partial charge in [0.1, 0.15) is 0 Å². The highest BCUT2D eigenvalue weighted by Gasteiger charge is 2.30. The molecule has 0 aromatic carbocycles. The molecule has 2 atom stereocenters. The largest absolute Gasteiger partial charge is 0.376 e. The van der Waals surface area contributed by atoms with Gasteiger partial charge < -0.3 is 20.1 Å². The van der Waals surface area contributed by atoms with Crippen LogP contribution in [0.5, 0.6) is 0 Å². The summed E-state index contributed by atoms with van der Waals surface area (Å²) in [5.41, 5.74) is 0. The van der Waals surface area contributed by atoms with E-state index in [2.05, 4.69) is 34.3 Å². The molecule has 8 nitrogen and oxygen atoms in total. The second-order valence-corrected chi connectivity index (χ2v) is 9.09. The topological polar surface area (TPSA) is 83.1 Å². The van der Waals surface area contributed by atoms with E-state index >= 15 is 0 Å². The van der Waals surface area contributed by atoms with Crippen LogP contribution >= 0.6 is 0 Å². The molecule has 30 heavy (non-hydrogen) atoms. The Labute approximate surface area is 181 Å². The van der Waals surface area contributed by atoms with Gasteiger partial charge in [-0.3, -0.25) is 19.4 Å². The summed E-state index contributed by atoms with van der Waals surface area (Å²) in [4.78, 5) is 29.6. The number of hydrogen-bond donors (Lipinski definition) is 2. The van der Waals surface area contributed by atoms with Crippen LogP contribution in [0.15, 0.2) is 0 Å². The second-order valence-electron chi connectivity index (χ2n) is 9.09. The third-order valence-electron chi connectivity index (χ3n) is 6.57. The molecular weight excluding hydrogens is 384 g/mol. The molecule has 1 saturated carbocycles. The minimum Gasteiger partial charge on any atom is -0.376 e. The van der Waals surface area contributed by atoms with Crippen LogP contribution in [-0.4, -0.2) is 99.4 Å². The highest BCUT2D eigenvalue weighted by Crippen LogP contribution is 2.29. The maximum absolute atomic E-state index is 12.5. The number of morpholine rings is 2. The molecule has 0 spiro atoms. The van der Waals surface area contributed by atoms with Crippen molar-refractivity contribution in [3.05, 3.63) is 0 Å². The van der Waals surface area contributed by atoms with Gasteiger partial charge in [0.15, 0.2) is 0 Å². The highest BCUT2D eigenvalue weighted by atomic mass is 16.5. The molecule has 2 amide bonds. The van der Waals surface area contributed by atoms with Crippen molar-refractivity contribution in [3.8, 4) is 0 Å². The summed E-state index contributed by atoms with van der Waals surface area (Å²) in [6, 6.07) is 0. The summed E-state index contributed by atoms with van der Waals surface area (Å²) in [5.74, 6) is 0.396. The van der Waals surface area contributed by atoms with E-state index in [0.717, 1.165) is 78.2 Å². The molecule has 3 rings (SSSR count). The molecule has 3 fully saturated rings. The maximum atomic E-state index is 12.5. The van der Waals surface area contributed by atoms with E-state index in [-0.39, 0.29) is 35.9 Å². The Morgan fingerprint density at radius 2 is 1.17 bits per heavy atom. The van der Waals surface area contributed by atoms with Crippen LogP contribution in [0, 0.1) is 11.8 Å². The van der Waals surface area contributed by atoms with Gasteiger partial charge in [-0.2, -0.15) is 0 Å². The minimum absolute atomic E-state index is 0.0486. The molecule has 172 valence electrons. The normalized spacial score (nSPS) is 31.3. The zero-order chi connectivity index (χ0) is 21.3. The number of amides is 2. The molecule has 0 radical (unpaired) electrons. The fraction of sp³-hybridized carbons (Fsp3) is 0.909. The number of carbonyl (C=O) groups is 2. The van der Waals surface area contributed by atoms with E-state index in [1.54, 1.807) is 0 Å². The van der Waals surface area contributed by atoms with Gasteiger partial charge in [0.25, 0.3) is 0 Å². The van der Waals surface area contributed by atoms with Crippen LogP contribution in [0.1, 0.15) is 39.5 Å². The standard InChI is InChI=1S/C22H40N4O4/c1-17-15-25(11-13-29-17)9-7-23-21(27)19-3-5-20(6-4-19)22(28)24-8-10-26-12-14-30-18(2)16-26/h17-20H,3-16H2,1-2H3,(H,23,27)(H,24,28). The van der Waals surface area contributed by atoms with Crippen molar-refractivity contribution in [1.29, 1.82) is 0 Å². The first-order valence-electron chi connectivity index (χ1n) is 11.7. The Bertz CT molecular complexity index is 505. The average Bonchev–Trinajstić information content (AvgIpc) is 2.74. The Hall–Kier alpha value is -1.22. The number of ether oxygens (including phenoxy) is 2. The van der Waals surface area contributed by atoms with Crippen molar-refractivity contribution in [2.24, 2.45) is 11.8 Å². The van der Waals surface area contributed by atoms with Gasteiger partial charge in [-0.05, 0) is 39.5 Å². The summed E-state index contributed by atoms with van der Waals surface area (Å²) >= 11 is 0. The summed E-state index contributed by atoms with van der Waals surface area (Å²) in [6.45, 7) is 12.6. The van der Waals surface area contributed by atoms with E-state index < -0.39 is 0 Å². The molecule has 8 heteroatoms. The van der Waals surface area contributed by atoms with Gasteiger partial charge >= 0.3 is 0 Å². The zero-order valence-electron chi connectivity index (χ0n) is 18.7. The maximum Gasteiger partial charge on any atom is 0.223 e. The lowest BCUT2D eigenvalue weighted by Gasteiger charge is -2.32. The zero-order valence-corrected chi connectivity index (χ0v) is 18.7. The van der Waals surface area contributed by atoms with Gasteiger partial charge in [-0.1, -0.05) is 0 Å². The van der Waals surface area contributed by atoms with Crippen LogP contribution in [0.25, 0.3) is 0 Å². The summed E-state index contributed by atoms with van der Waals surface area (Å²) in [7, 11) is 0. The van der Waals surface area contributed by atoms with Crippen molar-refractivity contribution < 1.29 is 19.1 Å². The first-order chi connectivity index (χ1) is 14.5. The minimum atomic E-state index is 0.0486. The number of hydrogen-bond acceptors (Lipinski definition) is 6. The van der Waals surface area contributed by atoms with Gasteiger partial charge in [0.05, 0.1) is 25.4 Å². The number of nitrogens with one attached hydrogen (secondary N) is 2. The Morgan fingerprint density at radius 1 is 0.767 bits per heavy atom. The SMILES string of the molecule is CC1CN(CCNC(=O)C2CCC(C(=O)NCCN3CCOC(C)C3)CC2)CCO1. The lowest BCUT2D eigenvalue weighted by atomic mass is 9.81. The molecule has 0 bridgehead atoms. The van der Waals surface area contributed by atoms with Crippen LogP contribution < -0.4 is 10.6 Å². The fourth-order valence-electron chi connectivity index (χ4n) is 4.77. The predicted octanol–water partition coefficient (Wildman–Crippen LogP) is 0.467. The molecule has 2 aliphatic heterocycles. The van der Waals surface area contributed by atoms with Crippen molar-refractivity contribution in [2.75, 3.05) is 65.6 Å². The van der Waals surface area contributed by atoms with Gasteiger partial charge in [0.2, 0.25) is 11.8 Å². The first kappa shape index (κ1) is 23.4. The Balaban J connectivity index is 1.26. The van der Waals surface area contributed by atoms with Crippen molar-refractivity contribution >= 4 is 11.8 Å². The molecular formula is C22H40N4O4. The number of rotatable bonds is 8. The van der Waals surface area contributed by atoms with Crippen molar-refractivity contribution in [1.82, 2.24) is 20.4 Å². The van der Waals surface area contributed by atoms with E-state index in [1.807, 2.05) is 0 Å². The molecule has 0 aromatic rings. The number of carbonyl (C=O) groups excluding carboxylic acids is 2. The van der Waals surface area contributed by atoms with Crippen LogP contribution in [0.2, 0.25) is 0 Å². The molecule has 3 aliphatic rings. The summed E-state index contributed by atoms with van der Waals surface area (Å²) < 4.78 is 11.1. The first-order valence-corrected chi connectivity index (χ1v) is 11.7. The quantitative estimate of drug-likeness (QED) is 0.589. The Kier molecular flexibility index (Phi) is 9.36. The van der Waals surface area contributed by atoms with Crippen LogP contribution in [0.3, 0.4) is 0 Å². The molecule has 2 heterocycles. The molecule has 2 N–H and O–H groups in total. The fourth-order valence-corrected chi connectivity index (χ4v) is 4.77. The summed E-state index contributed by atoms with van der Waals surface area (Å²) in [6.07, 6.45) is 3.76. The van der Waals surface area contributed by atoms with Gasteiger partial charge in [-0.25, -0.2) is 0 Å². The van der Waals surface area contributed by atoms with E-state index in [1.165, 1.54) is 0 Å². The molecule has 2 unspecified atom stereocenters. The number of nitrogens with zero attached hydrogens (tertiary/aromatic N) is 2. The third-order valence-corrected chi connectivity index (χ3v) is 6.57. The van der Waals surface area contributed by atoms with Crippen LogP contribution in [-0.2, 0) is 19.1 Å².